The Kier molecular flexibility index (Phi) is 7.47. The molecule has 1 amide bonds. The van der Waals surface area contributed by atoms with Crippen molar-refractivity contribution >= 4 is 11.9 Å². The van der Waals surface area contributed by atoms with Crippen molar-refractivity contribution in [3.8, 4) is 0 Å². The third-order valence-corrected chi connectivity index (χ3v) is 2.45. The van der Waals surface area contributed by atoms with Gasteiger partial charge in [0.25, 0.3) is 0 Å². The molecule has 0 radical (unpaired) electrons. The van der Waals surface area contributed by atoms with Gasteiger partial charge in [0, 0.05) is 12.8 Å². The highest BCUT2D eigenvalue weighted by atomic mass is 19.3. The topological polar surface area (TPSA) is 66.4 Å². The van der Waals surface area contributed by atoms with Crippen LogP contribution in [0, 0.1) is 11.8 Å². The summed E-state index contributed by atoms with van der Waals surface area (Å²) < 4.78 is 24.2. The lowest BCUT2D eigenvalue weighted by molar-refractivity contribution is -0.143. The van der Waals surface area contributed by atoms with Gasteiger partial charge < -0.3 is 10.4 Å². The van der Waals surface area contributed by atoms with E-state index in [1.165, 1.54) is 0 Å². The lowest BCUT2D eigenvalue weighted by Crippen LogP contribution is -2.42. The average Bonchev–Trinajstić information content (AvgIpc) is 2.13. The summed E-state index contributed by atoms with van der Waals surface area (Å²) in [6.07, 6.45) is -2.62. The molecule has 4 nitrogen and oxygen atoms in total. The molecule has 0 rings (SSSR count). The van der Waals surface area contributed by atoms with Crippen LogP contribution in [0.4, 0.5) is 8.78 Å². The SMILES string of the molecule is CC(C)CC(C)CC(=O)NC(CC(F)F)C(=O)O. The Bertz CT molecular complexity index is 282. The van der Waals surface area contributed by atoms with Crippen LogP contribution in [0.15, 0.2) is 0 Å². The molecule has 0 bridgehead atoms. The minimum atomic E-state index is -2.75. The second-order valence-corrected chi connectivity index (χ2v) is 5.02. The second kappa shape index (κ2) is 8.00. The summed E-state index contributed by atoms with van der Waals surface area (Å²) in [5.41, 5.74) is 0. The molecule has 2 atom stereocenters. The van der Waals surface area contributed by atoms with Gasteiger partial charge in [-0.15, -0.1) is 0 Å². The van der Waals surface area contributed by atoms with Crippen LogP contribution in [0.5, 0.6) is 0 Å². The molecule has 0 saturated heterocycles. The van der Waals surface area contributed by atoms with E-state index in [4.69, 9.17) is 5.11 Å². The molecule has 6 heteroatoms. The van der Waals surface area contributed by atoms with Crippen molar-refractivity contribution in [2.24, 2.45) is 11.8 Å². The quantitative estimate of drug-likeness (QED) is 0.707. The summed E-state index contributed by atoms with van der Waals surface area (Å²) in [6, 6.07) is -1.51. The number of alkyl halides is 2. The highest BCUT2D eigenvalue weighted by Crippen LogP contribution is 2.14. The molecular formula is C12H21F2NO3. The number of hydrogen-bond donors (Lipinski definition) is 2. The lowest BCUT2D eigenvalue weighted by atomic mass is 9.95. The minimum Gasteiger partial charge on any atom is -0.480 e. The van der Waals surface area contributed by atoms with E-state index < -0.39 is 30.8 Å². The van der Waals surface area contributed by atoms with Gasteiger partial charge in [0.1, 0.15) is 6.04 Å². The van der Waals surface area contributed by atoms with Gasteiger partial charge in [0.15, 0.2) is 0 Å². The van der Waals surface area contributed by atoms with E-state index >= 15 is 0 Å². The Balaban J connectivity index is 4.21. The van der Waals surface area contributed by atoms with Crippen LogP contribution in [-0.2, 0) is 9.59 Å². The summed E-state index contributed by atoms with van der Waals surface area (Å²) in [5, 5.41) is 10.8. The largest absolute Gasteiger partial charge is 0.480 e. The zero-order chi connectivity index (χ0) is 14.3. The van der Waals surface area contributed by atoms with Crippen molar-refractivity contribution in [3.63, 3.8) is 0 Å². The van der Waals surface area contributed by atoms with Crippen LogP contribution in [0.2, 0.25) is 0 Å². The Morgan fingerprint density at radius 1 is 1.17 bits per heavy atom. The number of carbonyl (C=O) groups is 2. The van der Waals surface area contributed by atoms with Crippen LogP contribution in [-0.4, -0.2) is 29.5 Å². The maximum absolute atomic E-state index is 12.1. The molecule has 2 unspecified atom stereocenters. The number of carboxylic acid groups (broad SMARTS) is 1. The Morgan fingerprint density at radius 3 is 2.11 bits per heavy atom. The van der Waals surface area contributed by atoms with Gasteiger partial charge in [-0.05, 0) is 18.3 Å². The summed E-state index contributed by atoms with van der Waals surface area (Å²) in [6.45, 7) is 5.92. The number of amides is 1. The van der Waals surface area contributed by atoms with Gasteiger partial charge >= 0.3 is 5.97 Å². The van der Waals surface area contributed by atoms with E-state index in [1.807, 2.05) is 20.8 Å². The third-order valence-electron chi connectivity index (χ3n) is 2.45. The van der Waals surface area contributed by atoms with Crippen LogP contribution < -0.4 is 5.32 Å². The zero-order valence-electron chi connectivity index (χ0n) is 11.0. The average molecular weight is 265 g/mol. The molecule has 2 N–H and O–H groups in total. The highest BCUT2D eigenvalue weighted by Gasteiger charge is 2.24. The molecule has 18 heavy (non-hydrogen) atoms. The van der Waals surface area contributed by atoms with Gasteiger partial charge in [-0.2, -0.15) is 0 Å². The van der Waals surface area contributed by atoms with E-state index in [-0.39, 0.29) is 12.3 Å². The summed E-state index contributed by atoms with van der Waals surface area (Å²) in [5.74, 6) is -1.38. The number of hydrogen-bond acceptors (Lipinski definition) is 2. The predicted molar refractivity (Wildman–Crippen MR) is 63.4 cm³/mol. The van der Waals surface area contributed by atoms with Crippen LogP contribution in [0.3, 0.4) is 0 Å². The van der Waals surface area contributed by atoms with Crippen molar-refractivity contribution in [1.82, 2.24) is 5.32 Å². The van der Waals surface area contributed by atoms with Crippen molar-refractivity contribution in [2.75, 3.05) is 0 Å². The molecule has 0 aromatic carbocycles. The van der Waals surface area contributed by atoms with Crippen molar-refractivity contribution in [1.29, 1.82) is 0 Å². The van der Waals surface area contributed by atoms with E-state index in [0.717, 1.165) is 6.42 Å². The van der Waals surface area contributed by atoms with Gasteiger partial charge in [-0.1, -0.05) is 20.8 Å². The minimum absolute atomic E-state index is 0.103. The fraction of sp³-hybridized carbons (Fsp3) is 0.833. The van der Waals surface area contributed by atoms with Gasteiger partial charge in [-0.25, -0.2) is 13.6 Å². The fourth-order valence-electron chi connectivity index (χ4n) is 1.86. The number of carboxylic acids is 1. The van der Waals surface area contributed by atoms with E-state index in [1.54, 1.807) is 0 Å². The molecular weight excluding hydrogens is 244 g/mol. The summed E-state index contributed by atoms with van der Waals surface area (Å²) in [4.78, 5) is 22.2. The first kappa shape index (κ1) is 16.8. The zero-order valence-corrected chi connectivity index (χ0v) is 11.0. The molecule has 0 aliphatic rings. The standard InChI is InChI=1S/C12H21F2NO3/c1-7(2)4-8(3)5-11(16)15-9(12(17)18)6-10(13)14/h7-10H,4-6H2,1-3H3,(H,15,16)(H,17,18). The molecule has 0 fully saturated rings. The molecule has 0 saturated carbocycles. The van der Waals surface area contributed by atoms with Crippen LogP contribution in [0.25, 0.3) is 0 Å². The molecule has 0 aliphatic carbocycles. The highest BCUT2D eigenvalue weighted by molar-refractivity contribution is 5.83. The summed E-state index contributed by atoms with van der Waals surface area (Å²) in [7, 11) is 0. The Hall–Kier alpha value is -1.20. The van der Waals surface area contributed by atoms with E-state index in [9.17, 15) is 18.4 Å². The first-order chi connectivity index (χ1) is 8.22. The third kappa shape index (κ3) is 7.97. The monoisotopic (exact) mass is 265 g/mol. The van der Waals surface area contributed by atoms with Crippen molar-refractivity contribution in [2.45, 2.75) is 52.5 Å². The van der Waals surface area contributed by atoms with Crippen LogP contribution >= 0.6 is 0 Å². The molecule has 0 aliphatic heterocycles. The number of nitrogens with one attached hydrogen (secondary N) is 1. The first-order valence-electron chi connectivity index (χ1n) is 6.02. The smallest absolute Gasteiger partial charge is 0.326 e. The fourth-order valence-corrected chi connectivity index (χ4v) is 1.86. The molecule has 0 heterocycles. The molecule has 0 spiro atoms. The maximum Gasteiger partial charge on any atom is 0.326 e. The van der Waals surface area contributed by atoms with Crippen molar-refractivity contribution < 1.29 is 23.5 Å². The molecule has 0 aromatic heterocycles. The first-order valence-corrected chi connectivity index (χ1v) is 6.02. The molecule has 106 valence electrons. The number of carbonyl (C=O) groups excluding carboxylic acids is 1. The maximum atomic E-state index is 12.1. The predicted octanol–water partition coefficient (Wildman–Crippen LogP) is 2.28. The van der Waals surface area contributed by atoms with Crippen molar-refractivity contribution in [3.05, 3.63) is 0 Å². The normalized spacial score (nSPS) is 14.6. The molecule has 0 aromatic rings. The second-order valence-electron chi connectivity index (χ2n) is 5.02. The Labute approximate surface area is 106 Å². The van der Waals surface area contributed by atoms with E-state index in [2.05, 4.69) is 5.32 Å². The number of rotatable bonds is 8. The van der Waals surface area contributed by atoms with E-state index in [0.29, 0.717) is 5.92 Å². The summed E-state index contributed by atoms with van der Waals surface area (Å²) >= 11 is 0. The van der Waals surface area contributed by atoms with Gasteiger partial charge in [0.2, 0.25) is 12.3 Å². The lowest BCUT2D eigenvalue weighted by Gasteiger charge is -2.17. The van der Waals surface area contributed by atoms with Gasteiger partial charge in [0.05, 0.1) is 0 Å². The Morgan fingerprint density at radius 2 is 1.72 bits per heavy atom. The number of aliphatic carboxylic acids is 1. The van der Waals surface area contributed by atoms with Crippen LogP contribution in [0.1, 0.15) is 40.0 Å². The van der Waals surface area contributed by atoms with Gasteiger partial charge in [-0.3, -0.25) is 4.79 Å². The number of halogens is 2.